The molecule has 5 nitrogen and oxygen atoms in total. The number of alkyl halides is 3. The molecule has 1 aliphatic heterocycles. The van der Waals surface area contributed by atoms with Crippen molar-refractivity contribution < 1.29 is 22.7 Å². The van der Waals surface area contributed by atoms with E-state index in [2.05, 4.69) is 49.2 Å². The Morgan fingerprint density at radius 3 is 2.61 bits per heavy atom. The van der Waals surface area contributed by atoms with Gasteiger partial charge in [0, 0.05) is 29.4 Å². The van der Waals surface area contributed by atoms with E-state index in [0.29, 0.717) is 11.3 Å². The first kappa shape index (κ1) is 24.4. The molecule has 0 unspecified atom stereocenters. The fraction of sp³-hybridized carbons (Fsp3) is 0.360. The first-order chi connectivity index (χ1) is 15.5. The van der Waals surface area contributed by atoms with E-state index >= 15 is 0 Å². The number of amides is 1. The first-order valence-corrected chi connectivity index (χ1v) is 10.6. The van der Waals surface area contributed by atoms with E-state index in [1.807, 2.05) is 12.1 Å². The number of anilines is 1. The van der Waals surface area contributed by atoms with Crippen molar-refractivity contribution in [1.29, 1.82) is 0 Å². The Hall–Kier alpha value is -3.29. The van der Waals surface area contributed by atoms with Crippen LogP contribution < -0.4 is 15.1 Å². The van der Waals surface area contributed by atoms with Crippen LogP contribution in [0.2, 0.25) is 0 Å². The van der Waals surface area contributed by atoms with Gasteiger partial charge in [-0.15, -0.1) is 0 Å². The molecule has 3 rings (SSSR count). The van der Waals surface area contributed by atoms with Gasteiger partial charge in [-0.3, -0.25) is 4.79 Å². The highest BCUT2D eigenvalue weighted by Crippen LogP contribution is 2.41. The van der Waals surface area contributed by atoms with E-state index in [9.17, 15) is 18.0 Å². The molecule has 0 fully saturated rings. The summed E-state index contributed by atoms with van der Waals surface area (Å²) in [7, 11) is 1.57. The molecule has 0 aromatic heterocycles. The van der Waals surface area contributed by atoms with Crippen LogP contribution in [0.3, 0.4) is 0 Å². The molecular weight excluding hydrogens is 431 g/mol. The summed E-state index contributed by atoms with van der Waals surface area (Å²) in [6.07, 6.45) is -0.983. The van der Waals surface area contributed by atoms with Gasteiger partial charge in [-0.25, -0.2) is 5.43 Å². The number of likely N-dealkylation sites (N-methyl/N-ethyl adjacent to an activating group) is 1. The van der Waals surface area contributed by atoms with E-state index in [-0.39, 0.29) is 17.5 Å². The molecule has 8 heteroatoms. The van der Waals surface area contributed by atoms with Gasteiger partial charge in [-0.2, -0.15) is 18.3 Å². The lowest BCUT2D eigenvalue weighted by Crippen LogP contribution is -2.44. The highest BCUT2D eigenvalue weighted by Gasteiger charge is 2.31. The fourth-order valence-corrected chi connectivity index (χ4v) is 4.23. The zero-order valence-corrected chi connectivity index (χ0v) is 19.4. The van der Waals surface area contributed by atoms with Crippen LogP contribution >= 0.6 is 0 Å². The Kier molecular flexibility index (Phi) is 6.86. The molecule has 0 spiro atoms. The van der Waals surface area contributed by atoms with E-state index in [1.54, 1.807) is 7.11 Å². The highest BCUT2D eigenvalue weighted by molar-refractivity contribution is 5.91. The number of nitrogens with one attached hydrogen (secondary N) is 1. The third-order valence-corrected chi connectivity index (χ3v) is 5.66. The molecule has 0 bridgehead atoms. The minimum absolute atomic E-state index is 0.135. The van der Waals surface area contributed by atoms with Gasteiger partial charge in [0.2, 0.25) is 5.91 Å². The summed E-state index contributed by atoms with van der Waals surface area (Å²) in [5, 5.41) is 4.00. The lowest BCUT2D eigenvalue weighted by Gasteiger charge is -2.43. The predicted octanol–water partition coefficient (Wildman–Crippen LogP) is 5.43. The Morgan fingerprint density at radius 2 is 1.97 bits per heavy atom. The Balaban J connectivity index is 1.78. The van der Waals surface area contributed by atoms with Crippen molar-refractivity contribution in [3.8, 4) is 5.75 Å². The smallest absolute Gasteiger partial charge is 0.416 e. The van der Waals surface area contributed by atoms with Gasteiger partial charge >= 0.3 is 6.18 Å². The lowest BCUT2D eigenvalue weighted by atomic mass is 9.88. The maximum absolute atomic E-state index is 12.9. The molecule has 33 heavy (non-hydrogen) atoms. The molecular formula is C25H28F3N3O2. The molecule has 2 aromatic rings. The van der Waals surface area contributed by atoms with Gasteiger partial charge in [-0.05, 0) is 51.0 Å². The third kappa shape index (κ3) is 5.38. The standard InChI is InChI=1S/C25H28F3N3O2/c1-6-31-21-13-22(33-5)18(12-20(21)16(2)14-24(31,3)4)15-29-30-23(32)11-17-8-7-9-19(10-17)25(26,27)28/h7-10,12-15H,6,11H2,1-5H3,(H,30,32)/b29-15+. The second kappa shape index (κ2) is 9.29. The zero-order chi connectivity index (χ0) is 24.4. The minimum atomic E-state index is -4.46. The molecule has 1 N–H and O–H groups in total. The Labute approximate surface area is 191 Å². The largest absolute Gasteiger partial charge is 0.496 e. The van der Waals surface area contributed by atoms with Crippen LogP contribution in [-0.4, -0.2) is 31.3 Å². The molecule has 0 radical (unpaired) electrons. The van der Waals surface area contributed by atoms with Crippen LogP contribution in [0.1, 0.15) is 49.9 Å². The maximum atomic E-state index is 12.9. The van der Waals surface area contributed by atoms with Crippen LogP contribution in [0.4, 0.5) is 18.9 Å². The summed E-state index contributed by atoms with van der Waals surface area (Å²) in [6.45, 7) is 9.29. The number of hydrogen-bond acceptors (Lipinski definition) is 4. The van der Waals surface area contributed by atoms with E-state index < -0.39 is 17.6 Å². The number of allylic oxidation sites excluding steroid dienone is 1. The predicted molar refractivity (Wildman–Crippen MR) is 125 cm³/mol. The number of nitrogens with zero attached hydrogens (tertiary/aromatic N) is 2. The quantitative estimate of drug-likeness (QED) is 0.463. The topological polar surface area (TPSA) is 53.9 Å². The van der Waals surface area contributed by atoms with Crippen molar-refractivity contribution in [3.63, 3.8) is 0 Å². The molecule has 0 aliphatic carbocycles. The van der Waals surface area contributed by atoms with Crippen LogP contribution in [0.15, 0.2) is 47.6 Å². The fourth-order valence-electron chi connectivity index (χ4n) is 4.23. The average molecular weight is 460 g/mol. The average Bonchev–Trinajstić information content (AvgIpc) is 2.73. The van der Waals surface area contributed by atoms with Gasteiger partial charge in [0.25, 0.3) is 0 Å². The Bertz CT molecular complexity index is 1100. The van der Waals surface area contributed by atoms with Crippen LogP contribution in [-0.2, 0) is 17.4 Å². The minimum Gasteiger partial charge on any atom is -0.496 e. The Morgan fingerprint density at radius 1 is 1.24 bits per heavy atom. The monoisotopic (exact) mass is 459 g/mol. The molecule has 1 aliphatic rings. The van der Waals surface area contributed by atoms with Crippen molar-refractivity contribution in [2.45, 2.75) is 45.8 Å². The molecule has 0 saturated carbocycles. The third-order valence-electron chi connectivity index (χ3n) is 5.66. The normalized spacial score (nSPS) is 15.3. The number of methoxy groups -OCH3 is 1. The van der Waals surface area contributed by atoms with Crippen molar-refractivity contribution in [2.24, 2.45) is 5.10 Å². The first-order valence-electron chi connectivity index (χ1n) is 10.6. The van der Waals surface area contributed by atoms with Crippen molar-refractivity contribution in [1.82, 2.24) is 5.43 Å². The number of hydrazone groups is 1. The summed E-state index contributed by atoms with van der Waals surface area (Å²) >= 11 is 0. The van der Waals surface area contributed by atoms with Crippen molar-refractivity contribution >= 4 is 23.4 Å². The summed E-state index contributed by atoms with van der Waals surface area (Å²) in [5.41, 5.74) is 5.63. The number of rotatable bonds is 6. The van der Waals surface area contributed by atoms with Crippen LogP contribution in [0.25, 0.3) is 5.57 Å². The second-order valence-electron chi connectivity index (χ2n) is 8.50. The maximum Gasteiger partial charge on any atom is 0.416 e. The summed E-state index contributed by atoms with van der Waals surface area (Å²) in [4.78, 5) is 14.5. The van der Waals surface area contributed by atoms with Gasteiger partial charge in [-0.1, -0.05) is 24.3 Å². The molecule has 1 heterocycles. The number of hydrogen-bond donors (Lipinski definition) is 1. The molecule has 0 atom stereocenters. The summed E-state index contributed by atoms with van der Waals surface area (Å²) in [5.74, 6) is 0.0889. The number of carbonyl (C=O) groups is 1. The number of ether oxygens (including phenoxy) is 1. The van der Waals surface area contributed by atoms with Gasteiger partial charge < -0.3 is 9.64 Å². The zero-order valence-electron chi connectivity index (χ0n) is 19.4. The van der Waals surface area contributed by atoms with E-state index in [4.69, 9.17) is 4.74 Å². The van der Waals surface area contributed by atoms with Crippen molar-refractivity contribution in [3.05, 3.63) is 64.7 Å². The molecule has 1 amide bonds. The van der Waals surface area contributed by atoms with Crippen LogP contribution in [0, 0.1) is 0 Å². The number of halogens is 3. The molecule has 176 valence electrons. The van der Waals surface area contributed by atoms with E-state index in [0.717, 1.165) is 35.5 Å². The second-order valence-corrected chi connectivity index (χ2v) is 8.50. The van der Waals surface area contributed by atoms with Gasteiger partial charge in [0.1, 0.15) is 5.75 Å². The summed E-state index contributed by atoms with van der Waals surface area (Å²) < 4.78 is 44.1. The highest BCUT2D eigenvalue weighted by atomic mass is 19.4. The number of benzene rings is 2. The van der Waals surface area contributed by atoms with Crippen molar-refractivity contribution in [2.75, 3.05) is 18.6 Å². The SMILES string of the molecule is CCN1c2cc(OC)c(/C=N/NC(=O)Cc3cccc(C(F)(F)F)c3)cc2C(C)=CC1(C)C. The number of fused-ring (bicyclic) bond motifs is 1. The van der Waals surface area contributed by atoms with Crippen LogP contribution in [0.5, 0.6) is 5.75 Å². The molecule has 2 aromatic carbocycles. The lowest BCUT2D eigenvalue weighted by molar-refractivity contribution is -0.137. The van der Waals surface area contributed by atoms with E-state index in [1.165, 1.54) is 18.3 Å². The van der Waals surface area contributed by atoms with Gasteiger partial charge in [0.15, 0.2) is 0 Å². The summed E-state index contributed by atoms with van der Waals surface area (Å²) in [6, 6.07) is 8.61. The number of carbonyl (C=O) groups excluding carboxylic acids is 1. The molecule has 0 saturated heterocycles. The van der Waals surface area contributed by atoms with Gasteiger partial charge in [0.05, 0.1) is 30.8 Å².